The Morgan fingerprint density at radius 1 is 1.07 bits per heavy atom. The van der Waals surface area contributed by atoms with Crippen LogP contribution in [0.2, 0.25) is 0 Å². The van der Waals surface area contributed by atoms with Crippen molar-refractivity contribution in [1.82, 2.24) is 4.98 Å². The van der Waals surface area contributed by atoms with Gasteiger partial charge >= 0.3 is 0 Å². The number of nitrogens with zero attached hydrogens (tertiary/aromatic N) is 1. The second kappa shape index (κ2) is 6.05. The predicted molar refractivity (Wildman–Crippen MR) is 108 cm³/mol. The minimum atomic E-state index is -0.120. The van der Waals surface area contributed by atoms with Crippen LogP contribution in [0.25, 0.3) is 32.8 Å². The molecule has 0 amide bonds. The standard InChI is InChI=1S/C24H20FNO/c1-3-16-14(2)23(25)18-7-5-4-6-17(18)22(16)19-8-9-20-21-15(11-13-27-20)10-12-26-24(19)21/h4-10,12H,3,11,13H2,1-2H3. The number of aromatic nitrogens is 1. The lowest BCUT2D eigenvalue weighted by atomic mass is 9.86. The highest BCUT2D eigenvalue weighted by Gasteiger charge is 2.22. The van der Waals surface area contributed by atoms with Crippen molar-refractivity contribution >= 4 is 21.7 Å². The molecule has 0 N–H and O–H groups in total. The van der Waals surface area contributed by atoms with Gasteiger partial charge in [0, 0.05) is 29.0 Å². The highest BCUT2D eigenvalue weighted by Crippen LogP contribution is 2.42. The fourth-order valence-electron chi connectivity index (χ4n) is 4.43. The largest absolute Gasteiger partial charge is 0.493 e. The van der Waals surface area contributed by atoms with E-state index in [4.69, 9.17) is 9.72 Å². The van der Waals surface area contributed by atoms with Crippen LogP contribution in [0.3, 0.4) is 0 Å². The number of hydrogen-bond acceptors (Lipinski definition) is 2. The number of pyridine rings is 1. The Labute approximate surface area is 157 Å². The van der Waals surface area contributed by atoms with Gasteiger partial charge in [-0.2, -0.15) is 0 Å². The molecule has 1 aromatic heterocycles. The second-order valence-corrected chi connectivity index (χ2v) is 7.10. The van der Waals surface area contributed by atoms with Gasteiger partial charge in [0.1, 0.15) is 11.6 Å². The zero-order valence-electron chi connectivity index (χ0n) is 15.5. The molecule has 2 nitrogen and oxygen atoms in total. The van der Waals surface area contributed by atoms with E-state index in [1.165, 1.54) is 5.56 Å². The molecule has 0 fully saturated rings. The van der Waals surface area contributed by atoms with E-state index in [1.807, 2.05) is 43.5 Å². The first kappa shape index (κ1) is 16.2. The van der Waals surface area contributed by atoms with E-state index in [0.717, 1.165) is 57.1 Å². The van der Waals surface area contributed by atoms with Gasteiger partial charge in [-0.25, -0.2) is 4.39 Å². The number of benzene rings is 3. The van der Waals surface area contributed by atoms with E-state index < -0.39 is 0 Å². The first-order valence-corrected chi connectivity index (χ1v) is 9.44. The molecule has 3 aromatic carbocycles. The van der Waals surface area contributed by atoms with E-state index in [2.05, 4.69) is 19.1 Å². The van der Waals surface area contributed by atoms with Gasteiger partial charge in [0.05, 0.1) is 12.1 Å². The minimum absolute atomic E-state index is 0.120. The van der Waals surface area contributed by atoms with Crippen LogP contribution in [-0.4, -0.2) is 11.6 Å². The third kappa shape index (κ3) is 2.27. The lowest BCUT2D eigenvalue weighted by Crippen LogP contribution is -2.09. The van der Waals surface area contributed by atoms with Crippen LogP contribution in [0, 0.1) is 12.7 Å². The van der Waals surface area contributed by atoms with Gasteiger partial charge in [0.2, 0.25) is 0 Å². The summed E-state index contributed by atoms with van der Waals surface area (Å²) in [5, 5.41) is 2.70. The van der Waals surface area contributed by atoms with Crippen molar-refractivity contribution in [2.24, 2.45) is 0 Å². The molecule has 0 spiro atoms. The summed E-state index contributed by atoms with van der Waals surface area (Å²) in [6.07, 6.45) is 3.53. The average molecular weight is 357 g/mol. The summed E-state index contributed by atoms with van der Waals surface area (Å²) < 4.78 is 20.9. The van der Waals surface area contributed by atoms with Crippen LogP contribution >= 0.6 is 0 Å². The molecule has 1 aliphatic rings. The first-order valence-electron chi connectivity index (χ1n) is 9.44. The van der Waals surface area contributed by atoms with E-state index >= 15 is 4.39 Å². The van der Waals surface area contributed by atoms with Gasteiger partial charge in [0.25, 0.3) is 0 Å². The van der Waals surface area contributed by atoms with Gasteiger partial charge in [-0.15, -0.1) is 0 Å². The summed E-state index contributed by atoms with van der Waals surface area (Å²) in [6.45, 7) is 4.66. The maximum absolute atomic E-state index is 15.0. The summed E-state index contributed by atoms with van der Waals surface area (Å²) in [6, 6.07) is 13.9. The topological polar surface area (TPSA) is 22.1 Å². The molecule has 134 valence electrons. The zero-order valence-corrected chi connectivity index (χ0v) is 15.5. The summed E-state index contributed by atoms with van der Waals surface area (Å²) in [5.41, 5.74) is 6.12. The average Bonchev–Trinajstić information content (AvgIpc) is 2.72. The van der Waals surface area contributed by atoms with E-state index in [0.29, 0.717) is 12.0 Å². The highest BCUT2D eigenvalue weighted by molar-refractivity contribution is 6.08. The first-order chi connectivity index (χ1) is 13.2. The summed E-state index contributed by atoms with van der Waals surface area (Å²) in [4.78, 5) is 4.72. The summed E-state index contributed by atoms with van der Waals surface area (Å²) in [7, 11) is 0. The lowest BCUT2D eigenvalue weighted by molar-refractivity contribution is 0.318. The van der Waals surface area contributed by atoms with Crippen molar-refractivity contribution in [1.29, 1.82) is 0 Å². The third-order valence-electron chi connectivity index (χ3n) is 5.71. The monoisotopic (exact) mass is 357 g/mol. The molecule has 0 bridgehead atoms. The zero-order chi connectivity index (χ0) is 18.5. The van der Waals surface area contributed by atoms with Crippen molar-refractivity contribution in [3.05, 3.63) is 71.2 Å². The van der Waals surface area contributed by atoms with Crippen LogP contribution in [0.5, 0.6) is 5.75 Å². The maximum Gasteiger partial charge on any atom is 0.134 e. The molecule has 3 heteroatoms. The smallest absolute Gasteiger partial charge is 0.134 e. The molecule has 5 rings (SSSR count). The summed E-state index contributed by atoms with van der Waals surface area (Å²) >= 11 is 0. The predicted octanol–water partition coefficient (Wildman–Crippen LogP) is 6.00. The van der Waals surface area contributed by atoms with Gasteiger partial charge in [0.15, 0.2) is 0 Å². The van der Waals surface area contributed by atoms with E-state index in [-0.39, 0.29) is 5.82 Å². The van der Waals surface area contributed by atoms with Gasteiger partial charge in [-0.05, 0) is 59.2 Å². The van der Waals surface area contributed by atoms with Crippen molar-refractivity contribution in [3.8, 4) is 16.9 Å². The lowest BCUT2D eigenvalue weighted by Gasteiger charge is -2.22. The van der Waals surface area contributed by atoms with E-state index in [1.54, 1.807) is 0 Å². The normalized spacial score (nSPS) is 13.1. The van der Waals surface area contributed by atoms with Crippen molar-refractivity contribution in [3.63, 3.8) is 0 Å². The molecule has 0 aliphatic carbocycles. The number of rotatable bonds is 2. The molecule has 27 heavy (non-hydrogen) atoms. The van der Waals surface area contributed by atoms with Crippen molar-refractivity contribution < 1.29 is 9.13 Å². The fourth-order valence-corrected chi connectivity index (χ4v) is 4.43. The Morgan fingerprint density at radius 2 is 1.89 bits per heavy atom. The van der Waals surface area contributed by atoms with Gasteiger partial charge in [-0.3, -0.25) is 4.98 Å². The van der Waals surface area contributed by atoms with Crippen molar-refractivity contribution in [2.75, 3.05) is 6.61 Å². The highest BCUT2D eigenvalue weighted by atomic mass is 19.1. The Morgan fingerprint density at radius 3 is 2.70 bits per heavy atom. The molecule has 0 saturated heterocycles. The molecule has 1 aliphatic heterocycles. The molecular weight excluding hydrogens is 337 g/mol. The van der Waals surface area contributed by atoms with Gasteiger partial charge in [-0.1, -0.05) is 31.2 Å². The summed E-state index contributed by atoms with van der Waals surface area (Å²) in [5.74, 6) is 0.773. The molecule has 0 atom stereocenters. The Kier molecular flexibility index (Phi) is 3.64. The van der Waals surface area contributed by atoms with Crippen LogP contribution < -0.4 is 4.74 Å². The number of halogens is 1. The Bertz CT molecular complexity index is 1200. The number of fused-ring (bicyclic) bond motifs is 1. The second-order valence-electron chi connectivity index (χ2n) is 7.10. The maximum atomic E-state index is 15.0. The van der Waals surface area contributed by atoms with Crippen LogP contribution in [0.1, 0.15) is 23.6 Å². The van der Waals surface area contributed by atoms with Gasteiger partial charge < -0.3 is 4.74 Å². The SMILES string of the molecule is CCc1c(C)c(F)c2ccccc2c1-c1ccc2c3c(ccnc13)CCO2. The number of hydrogen-bond donors (Lipinski definition) is 0. The molecule has 0 radical (unpaired) electrons. The quantitative estimate of drug-likeness (QED) is 0.439. The molecule has 0 unspecified atom stereocenters. The molecule has 0 saturated carbocycles. The van der Waals surface area contributed by atoms with Crippen LogP contribution in [-0.2, 0) is 12.8 Å². The minimum Gasteiger partial charge on any atom is -0.493 e. The fraction of sp³-hybridized carbons (Fsp3) is 0.208. The third-order valence-corrected chi connectivity index (χ3v) is 5.71. The molecular formula is C24H20FNO. The number of ether oxygens (including phenoxy) is 1. The van der Waals surface area contributed by atoms with E-state index in [9.17, 15) is 0 Å². The Hall–Kier alpha value is -2.94. The van der Waals surface area contributed by atoms with Crippen LogP contribution in [0.4, 0.5) is 4.39 Å². The molecule has 4 aromatic rings. The molecule has 2 heterocycles. The van der Waals surface area contributed by atoms with Crippen molar-refractivity contribution in [2.45, 2.75) is 26.7 Å². The van der Waals surface area contributed by atoms with Crippen LogP contribution in [0.15, 0.2) is 48.7 Å². The Balaban J connectivity index is 1.96.